The highest BCUT2D eigenvalue weighted by molar-refractivity contribution is 7.71. The summed E-state index contributed by atoms with van der Waals surface area (Å²) in [6.07, 6.45) is 2.46. The van der Waals surface area contributed by atoms with Crippen molar-refractivity contribution < 1.29 is 4.74 Å². The number of rotatable bonds is 6. The van der Waals surface area contributed by atoms with Crippen molar-refractivity contribution in [2.45, 2.75) is 39.3 Å². The third-order valence-corrected chi connectivity index (χ3v) is 4.73. The lowest BCUT2D eigenvalue weighted by Gasteiger charge is -2.21. The van der Waals surface area contributed by atoms with Crippen LogP contribution in [0.4, 0.5) is 5.69 Å². The molecule has 6 heteroatoms. The summed E-state index contributed by atoms with van der Waals surface area (Å²) in [5.74, 6) is 0.886. The average molecular weight is 332 g/mol. The van der Waals surface area contributed by atoms with Crippen LogP contribution in [0.25, 0.3) is 11.4 Å². The first-order valence-corrected chi connectivity index (χ1v) is 8.76. The van der Waals surface area contributed by atoms with E-state index in [1.807, 2.05) is 0 Å². The fourth-order valence-corrected chi connectivity index (χ4v) is 3.32. The minimum absolute atomic E-state index is 0.244. The van der Waals surface area contributed by atoms with E-state index in [4.69, 9.17) is 17.0 Å². The Balaban J connectivity index is 1.85. The molecule has 1 aliphatic heterocycles. The molecule has 1 aliphatic rings. The van der Waals surface area contributed by atoms with Gasteiger partial charge in [-0.25, -0.2) is 0 Å². The highest BCUT2D eigenvalue weighted by atomic mass is 32.1. The fourth-order valence-electron chi connectivity index (χ4n) is 3.11. The lowest BCUT2D eigenvalue weighted by Crippen LogP contribution is -2.21. The van der Waals surface area contributed by atoms with E-state index in [-0.39, 0.29) is 6.10 Å². The van der Waals surface area contributed by atoms with Crippen LogP contribution in [0.5, 0.6) is 0 Å². The molecule has 0 aliphatic carbocycles. The molecule has 0 bridgehead atoms. The van der Waals surface area contributed by atoms with Crippen molar-refractivity contribution in [3.8, 4) is 11.4 Å². The van der Waals surface area contributed by atoms with Crippen molar-refractivity contribution in [2.75, 3.05) is 24.6 Å². The molecule has 0 radical (unpaired) electrons. The van der Waals surface area contributed by atoms with Crippen molar-refractivity contribution in [3.63, 3.8) is 0 Å². The first kappa shape index (κ1) is 16.2. The maximum atomic E-state index is 5.74. The Morgan fingerprint density at radius 3 is 2.65 bits per heavy atom. The monoisotopic (exact) mass is 332 g/mol. The Morgan fingerprint density at radius 2 is 2.04 bits per heavy atom. The van der Waals surface area contributed by atoms with E-state index in [1.54, 1.807) is 0 Å². The second-order valence-electron chi connectivity index (χ2n) is 5.82. The van der Waals surface area contributed by atoms with Gasteiger partial charge in [0.2, 0.25) is 0 Å². The summed E-state index contributed by atoms with van der Waals surface area (Å²) in [7, 11) is 0. The van der Waals surface area contributed by atoms with E-state index in [1.165, 1.54) is 5.69 Å². The molecule has 1 fully saturated rings. The summed E-state index contributed by atoms with van der Waals surface area (Å²) >= 11 is 5.39. The number of aromatic nitrogens is 3. The highest BCUT2D eigenvalue weighted by Crippen LogP contribution is 2.23. The maximum absolute atomic E-state index is 5.74. The molecule has 1 N–H and O–H groups in total. The molecule has 0 saturated carbocycles. The van der Waals surface area contributed by atoms with E-state index in [2.05, 4.69) is 57.8 Å². The summed E-state index contributed by atoms with van der Waals surface area (Å²) < 4.78 is 8.45. The van der Waals surface area contributed by atoms with Crippen LogP contribution in [0.2, 0.25) is 0 Å². The van der Waals surface area contributed by atoms with Gasteiger partial charge in [0.05, 0.1) is 12.6 Å². The van der Waals surface area contributed by atoms with Crippen molar-refractivity contribution in [1.82, 2.24) is 14.8 Å². The first-order chi connectivity index (χ1) is 11.2. The van der Waals surface area contributed by atoms with Gasteiger partial charge in [0, 0.05) is 30.9 Å². The van der Waals surface area contributed by atoms with E-state index in [0.29, 0.717) is 4.77 Å². The van der Waals surface area contributed by atoms with Crippen LogP contribution in [-0.2, 0) is 11.3 Å². The Kier molecular flexibility index (Phi) is 5.13. The van der Waals surface area contributed by atoms with E-state index >= 15 is 0 Å². The van der Waals surface area contributed by atoms with Crippen molar-refractivity contribution in [2.24, 2.45) is 0 Å². The predicted octanol–water partition coefficient (Wildman–Crippen LogP) is 3.63. The van der Waals surface area contributed by atoms with Gasteiger partial charge in [0.25, 0.3) is 0 Å². The molecule has 23 heavy (non-hydrogen) atoms. The second-order valence-corrected chi connectivity index (χ2v) is 6.20. The molecule has 0 amide bonds. The van der Waals surface area contributed by atoms with Crippen molar-refractivity contribution in [3.05, 3.63) is 29.0 Å². The van der Waals surface area contributed by atoms with Gasteiger partial charge in [0.15, 0.2) is 10.6 Å². The van der Waals surface area contributed by atoms with Gasteiger partial charge in [-0.2, -0.15) is 5.10 Å². The zero-order valence-corrected chi connectivity index (χ0v) is 14.6. The fraction of sp³-hybridized carbons (Fsp3) is 0.529. The van der Waals surface area contributed by atoms with Crippen molar-refractivity contribution in [1.29, 1.82) is 0 Å². The number of H-pyrrole nitrogens is 1. The third kappa shape index (κ3) is 3.48. The number of nitrogens with one attached hydrogen (secondary N) is 1. The number of aromatic amines is 1. The first-order valence-electron chi connectivity index (χ1n) is 8.35. The van der Waals surface area contributed by atoms with Gasteiger partial charge < -0.3 is 9.64 Å². The smallest absolute Gasteiger partial charge is 0.195 e. The van der Waals surface area contributed by atoms with Gasteiger partial charge in [-0.15, -0.1) is 0 Å². The van der Waals surface area contributed by atoms with Gasteiger partial charge in [0.1, 0.15) is 0 Å². The SMILES string of the molecule is CCN(CC)c1ccc(-c2n[nH]c(=S)n2CC2CCCO2)cc1. The Labute approximate surface area is 142 Å². The van der Waals surface area contributed by atoms with Gasteiger partial charge in [-0.05, 0) is 63.2 Å². The number of benzene rings is 1. The molecule has 1 atom stereocenters. The summed E-state index contributed by atoms with van der Waals surface area (Å²) in [6.45, 7) is 7.97. The number of hydrogen-bond donors (Lipinski definition) is 1. The summed E-state index contributed by atoms with van der Waals surface area (Å²) in [5, 5.41) is 7.34. The molecule has 1 aromatic carbocycles. The third-order valence-electron chi connectivity index (χ3n) is 4.42. The molecular weight excluding hydrogens is 308 g/mol. The Hall–Kier alpha value is -1.66. The molecule has 0 spiro atoms. The molecule has 3 rings (SSSR count). The second kappa shape index (κ2) is 7.27. The zero-order valence-electron chi connectivity index (χ0n) is 13.8. The van der Waals surface area contributed by atoms with Crippen LogP contribution >= 0.6 is 12.2 Å². The lowest BCUT2D eigenvalue weighted by molar-refractivity contribution is 0.0970. The molecule has 1 aromatic heterocycles. The molecule has 1 saturated heterocycles. The largest absolute Gasteiger partial charge is 0.376 e. The Morgan fingerprint density at radius 1 is 1.30 bits per heavy atom. The maximum Gasteiger partial charge on any atom is 0.195 e. The number of ether oxygens (including phenoxy) is 1. The topological polar surface area (TPSA) is 46.1 Å². The van der Waals surface area contributed by atoms with Crippen LogP contribution in [0, 0.1) is 4.77 Å². The molecule has 1 unspecified atom stereocenters. The van der Waals surface area contributed by atoms with Crippen LogP contribution < -0.4 is 4.90 Å². The lowest BCUT2D eigenvalue weighted by atomic mass is 10.1. The average Bonchev–Trinajstić information content (AvgIpc) is 3.21. The molecule has 5 nitrogen and oxygen atoms in total. The molecular formula is C17H24N4OS. The van der Waals surface area contributed by atoms with Crippen LogP contribution in [0.3, 0.4) is 0 Å². The number of hydrogen-bond acceptors (Lipinski definition) is 4. The van der Waals surface area contributed by atoms with Crippen LogP contribution in [-0.4, -0.2) is 40.6 Å². The minimum atomic E-state index is 0.244. The van der Waals surface area contributed by atoms with Crippen molar-refractivity contribution >= 4 is 17.9 Å². The number of anilines is 1. The Bertz CT molecular complexity index is 681. The standard InChI is InChI=1S/C17H24N4OS/c1-3-20(4-2)14-9-7-13(8-10-14)16-18-19-17(23)21(16)12-15-6-5-11-22-15/h7-10,15H,3-6,11-12H2,1-2H3,(H,19,23). The van der Waals surface area contributed by atoms with Gasteiger partial charge >= 0.3 is 0 Å². The highest BCUT2D eigenvalue weighted by Gasteiger charge is 2.19. The molecule has 2 aromatic rings. The zero-order chi connectivity index (χ0) is 16.2. The van der Waals surface area contributed by atoms with Gasteiger partial charge in [-0.3, -0.25) is 9.67 Å². The van der Waals surface area contributed by atoms with Crippen LogP contribution in [0.15, 0.2) is 24.3 Å². The quantitative estimate of drug-likeness (QED) is 0.821. The number of nitrogens with zero attached hydrogens (tertiary/aromatic N) is 3. The summed E-state index contributed by atoms with van der Waals surface area (Å²) in [4.78, 5) is 2.33. The van der Waals surface area contributed by atoms with Crippen LogP contribution in [0.1, 0.15) is 26.7 Å². The summed E-state index contributed by atoms with van der Waals surface area (Å²) in [5.41, 5.74) is 2.31. The normalized spacial score (nSPS) is 17.6. The molecule has 124 valence electrons. The van der Waals surface area contributed by atoms with E-state index < -0.39 is 0 Å². The van der Waals surface area contributed by atoms with E-state index in [9.17, 15) is 0 Å². The van der Waals surface area contributed by atoms with Gasteiger partial charge in [-0.1, -0.05) is 0 Å². The summed E-state index contributed by atoms with van der Waals surface area (Å²) in [6, 6.07) is 8.53. The predicted molar refractivity (Wildman–Crippen MR) is 95.4 cm³/mol. The minimum Gasteiger partial charge on any atom is -0.376 e. The van der Waals surface area contributed by atoms with E-state index in [0.717, 1.165) is 50.5 Å². The molecule has 2 heterocycles.